The summed E-state index contributed by atoms with van der Waals surface area (Å²) < 4.78 is 12.9. The molecule has 0 saturated heterocycles. The van der Waals surface area contributed by atoms with Crippen LogP contribution in [0, 0.1) is 19.7 Å². The maximum atomic E-state index is 12.9. The van der Waals surface area contributed by atoms with E-state index in [1.165, 1.54) is 30.5 Å². The van der Waals surface area contributed by atoms with Crippen molar-refractivity contribution in [2.75, 3.05) is 10.6 Å². The van der Waals surface area contributed by atoms with Crippen molar-refractivity contribution in [3.63, 3.8) is 0 Å². The van der Waals surface area contributed by atoms with Crippen molar-refractivity contribution in [1.29, 1.82) is 0 Å². The number of aryl methyl sites for hydroxylation is 2. The molecule has 25 heavy (non-hydrogen) atoms. The molecule has 3 aromatic rings. The van der Waals surface area contributed by atoms with Crippen LogP contribution in [-0.2, 0) is 0 Å². The maximum Gasteiger partial charge on any atom is 0.257 e. The smallest absolute Gasteiger partial charge is 0.257 e. The van der Waals surface area contributed by atoms with Gasteiger partial charge in [0.25, 0.3) is 5.91 Å². The summed E-state index contributed by atoms with van der Waals surface area (Å²) in [5.74, 6) is -0.650. The highest BCUT2D eigenvalue weighted by molar-refractivity contribution is 6.04. The van der Waals surface area contributed by atoms with E-state index in [1.54, 1.807) is 12.3 Å². The number of rotatable bonds is 4. The Bertz CT molecular complexity index is 907. The first kappa shape index (κ1) is 16.6. The summed E-state index contributed by atoms with van der Waals surface area (Å²) in [6, 6.07) is 13.5. The fourth-order valence-electron chi connectivity index (χ4n) is 2.39. The number of amides is 1. The van der Waals surface area contributed by atoms with Gasteiger partial charge in [0.2, 0.25) is 0 Å². The van der Waals surface area contributed by atoms with Crippen LogP contribution in [0.4, 0.5) is 21.5 Å². The third kappa shape index (κ3) is 4.20. The van der Waals surface area contributed by atoms with Gasteiger partial charge < -0.3 is 10.6 Å². The summed E-state index contributed by atoms with van der Waals surface area (Å²) in [5, 5.41) is 6.01. The molecule has 0 atom stereocenters. The first-order chi connectivity index (χ1) is 12.0. The second kappa shape index (κ2) is 7.13. The van der Waals surface area contributed by atoms with Crippen molar-refractivity contribution in [1.82, 2.24) is 4.98 Å². The number of nitrogens with zero attached hydrogens (tertiary/aromatic N) is 1. The van der Waals surface area contributed by atoms with Gasteiger partial charge in [0.15, 0.2) is 0 Å². The Balaban J connectivity index is 1.77. The molecule has 2 aromatic carbocycles. The molecule has 1 aromatic heterocycles. The van der Waals surface area contributed by atoms with Crippen LogP contribution in [0.15, 0.2) is 60.9 Å². The molecule has 2 N–H and O–H groups in total. The van der Waals surface area contributed by atoms with Crippen molar-refractivity contribution in [3.8, 4) is 0 Å². The van der Waals surface area contributed by atoms with Crippen molar-refractivity contribution >= 4 is 23.0 Å². The van der Waals surface area contributed by atoms with Gasteiger partial charge >= 0.3 is 0 Å². The molecule has 0 bridgehead atoms. The van der Waals surface area contributed by atoms with Gasteiger partial charge in [-0.15, -0.1) is 0 Å². The number of nitrogens with one attached hydrogen (secondary N) is 2. The van der Waals surface area contributed by atoms with Crippen LogP contribution < -0.4 is 10.6 Å². The monoisotopic (exact) mass is 335 g/mol. The molecule has 0 unspecified atom stereocenters. The van der Waals surface area contributed by atoms with E-state index < -0.39 is 0 Å². The molecule has 0 fully saturated rings. The Kier molecular flexibility index (Phi) is 4.75. The van der Waals surface area contributed by atoms with E-state index >= 15 is 0 Å². The Morgan fingerprint density at radius 1 is 0.960 bits per heavy atom. The summed E-state index contributed by atoms with van der Waals surface area (Å²) >= 11 is 0. The summed E-state index contributed by atoms with van der Waals surface area (Å²) in [6.07, 6.45) is 3.16. The van der Waals surface area contributed by atoms with Crippen LogP contribution in [-0.4, -0.2) is 10.9 Å². The van der Waals surface area contributed by atoms with Crippen LogP contribution in [0.2, 0.25) is 0 Å². The second-order valence-electron chi connectivity index (χ2n) is 5.87. The predicted octanol–water partition coefficient (Wildman–Crippen LogP) is 4.83. The van der Waals surface area contributed by atoms with Crippen molar-refractivity contribution in [2.24, 2.45) is 0 Å². The minimum Gasteiger partial charge on any atom is -0.354 e. The molecule has 4 nitrogen and oxygen atoms in total. The number of carbonyl (C=O) groups excluding carboxylic acids is 1. The molecule has 0 radical (unpaired) electrons. The Morgan fingerprint density at radius 2 is 1.72 bits per heavy atom. The highest BCUT2D eigenvalue weighted by Gasteiger charge is 2.08. The zero-order valence-corrected chi connectivity index (χ0v) is 14.0. The molecule has 126 valence electrons. The van der Waals surface area contributed by atoms with Crippen LogP contribution >= 0.6 is 0 Å². The number of halogens is 1. The zero-order chi connectivity index (χ0) is 17.8. The summed E-state index contributed by atoms with van der Waals surface area (Å²) in [7, 11) is 0. The largest absolute Gasteiger partial charge is 0.354 e. The molecule has 5 heteroatoms. The third-order valence-corrected chi connectivity index (χ3v) is 3.77. The van der Waals surface area contributed by atoms with E-state index in [-0.39, 0.29) is 11.7 Å². The van der Waals surface area contributed by atoms with E-state index in [4.69, 9.17) is 0 Å². The van der Waals surface area contributed by atoms with Crippen molar-refractivity contribution in [2.45, 2.75) is 13.8 Å². The van der Waals surface area contributed by atoms with E-state index in [1.807, 2.05) is 32.0 Å². The summed E-state index contributed by atoms with van der Waals surface area (Å²) in [5.41, 5.74) is 4.88. The van der Waals surface area contributed by atoms with Gasteiger partial charge in [-0.1, -0.05) is 12.1 Å². The molecule has 0 aliphatic heterocycles. The standard InChI is InChI=1S/C20H18FN3O/c1-13-3-4-14(2)19(9-13)23-18-10-15(11-22-12-18)20(25)24-17-7-5-16(21)6-8-17/h3-12,23H,1-2H3,(H,24,25). The molecule has 0 saturated carbocycles. The number of aromatic nitrogens is 1. The quantitative estimate of drug-likeness (QED) is 0.718. The van der Waals surface area contributed by atoms with Gasteiger partial charge in [0.1, 0.15) is 5.82 Å². The maximum absolute atomic E-state index is 12.9. The van der Waals surface area contributed by atoms with Crippen LogP contribution in [0.1, 0.15) is 21.5 Å². The Morgan fingerprint density at radius 3 is 2.48 bits per heavy atom. The average Bonchev–Trinajstić information content (AvgIpc) is 2.60. The van der Waals surface area contributed by atoms with Gasteiger partial charge in [-0.05, 0) is 61.4 Å². The fraction of sp³-hybridized carbons (Fsp3) is 0.100. The molecular formula is C20H18FN3O. The number of carbonyl (C=O) groups is 1. The highest BCUT2D eigenvalue weighted by Crippen LogP contribution is 2.22. The van der Waals surface area contributed by atoms with Gasteiger partial charge in [-0.25, -0.2) is 4.39 Å². The lowest BCUT2D eigenvalue weighted by Gasteiger charge is -2.11. The average molecular weight is 335 g/mol. The van der Waals surface area contributed by atoms with Gasteiger partial charge in [0.05, 0.1) is 17.4 Å². The van der Waals surface area contributed by atoms with Crippen LogP contribution in [0.3, 0.4) is 0 Å². The van der Waals surface area contributed by atoms with E-state index in [9.17, 15) is 9.18 Å². The van der Waals surface area contributed by atoms with Gasteiger partial charge in [0, 0.05) is 17.6 Å². The third-order valence-electron chi connectivity index (χ3n) is 3.77. The first-order valence-corrected chi connectivity index (χ1v) is 7.87. The molecule has 0 aliphatic rings. The predicted molar refractivity (Wildman–Crippen MR) is 97.8 cm³/mol. The lowest BCUT2D eigenvalue weighted by atomic mass is 10.1. The second-order valence-corrected chi connectivity index (χ2v) is 5.87. The Labute approximate surface area is 145 Å². The number of hydrogen-bond donors (Lipinski definition) is 2. The molecule has 3 rings (SSSR count). The fourth-order valence-corrected chi connectivity index (χ4v) is 2.39. The molecule has 1 heterocycles. The van der Waals surface area contributed by atoms with Gasteiger partial charge in [-0.3, -0.25) is 9.78 Å². The van der Waals surface area contributed by atoms with Crippen molar-refractivity contribution in [3.05, 3.63) is 83.4 Å². The van der Waals surface area contributed by atoms with Crippen molar-refractivity contribution < 1.29 is 9.18 Å². The number of benzene rings is 2. The minimum atomic E-state index is -0.348. The number of anilines is 3. The van der Waals surface area contributed by atoms with Crippen LogP contribution in [0.25, 0.3) is 0 Å². The van der Waals surface area contributed by atoms with Gasteiger partial charge in [-0.2, -0.15) is 0 Å². The normalized spacial score (nSPS) is 10.4. The van der Waals surface area contributed by atoms with Crippen LogP contribution in [0.5, 0.6) is 0 Å². The number of hydrogen-bond acceptors (Lipinski definition) is 3. The Hall–Kier alpha value is -3.21. The lowest BCUT2D eigenvalue weighted by Crippen LogP contribution is -2.12. The highest BCUT2D eigenvalue weighted by atomic mass is 19.1. The van der Waals surface area contributed by atoms with E-state index in [0.29, 0.717) is 11.3 Å². The molecule has 0 aliphatic carbocycles. The minimum absolute atomic E-state index is 0.302. The SMILES string of the molecule is Cc1ccc(C)c(Nc2cncc(C(=O)Nc3ccc(F)cc3)c2)c1. The summed E-state index contributed by atoms with van der Waals surface area (Å²) in [4.78, 5) is 16.5. The zero-order valence-electron chi connectivity index (χ0n) is 14.0. The molecule has 0 spiro atoms. The van der Waals surface area contributed by atoms with E-state index in [0.717, 1.165) is 22.5 Å². The topological polar surface area (TPSA) is 54.0 Å². The first-order valence-electron chi connectivity index (χ1n) is 7.87. The van der Waals surface area contributed by atoms with E-state index in [2.05, 4.69) is 15.6 Å². The molecule has 1 amide bonds. The summed E-state index contributed by atoms with van der Waals surface area (Å²) in [6.45, 7) is 4.04. The lowest BCUT2D eigenvalue weighted by molar-refractivity contribution is 0.102. The molecular weight excluding hydrogens is 317 g/mol. The number of pyridine rings is 1.